The average Bonchev–Trinajstić information content (AvgIpc) is 2.98. The summed E-state index contributed by atoms with van der Waals surface area (Å²) < 4.78 is 0. The number of benzene rings is 2. The van der Waals surface area contributed by atoms with Gasteiger partial charge in [0.25, 0.3) is 0 Å². The van der Waals surface area contributed by atoms with E-state index in [1.807, 2.05) is 0 Å². The second-order valence-corrected chi connectivity index (χ2v) is 8.14. The molecule has 0 saturated heterocycles. The Hall–Kier alpha value is -1.13. The molecule has 0 radical (unpaired) electrons. The van der Waals surface area contributed by atoms with Crippen molar-refractivity contribution in [3.05, 3.63) is 60.7 Å². The highest BCUT2D eigenvalue weighted by atomic mass is 31.1. The first-order chi connectivity index (χ1) is 9.90. The molecule has 1 heteroatoms. The molecule has 20 heavy (non-hydrogen) atoms. The first kappa shape index (κ1) is 13.8. The lowest BCUT2D eigenvalue weighted by atomic mass is 10.1. The van der Waals surface area contributed by atoms with Gasteiger partial charge in [-0.2, -0.15) is 0 Å². The van der Waals surface area contributed by atoms with Crippen LogP contribution in [0.2, 0.25) is 0 Å². The molecular weight excluding hydrogens is 259 g/mol. The fourth-order valence-electron chi connectivity index (χ4n) is 3.54. The van der Waals surface area contributed by atoms with Crippen LogP contribution in [0.5, 0.6) is 0 Å². The van der Waals surface area contributed by atoms with Gasteiger partial charge >= 0.3 is 0 Å². The number of hydrogen-bond acceptors (Lipinski definition) is 0. The van der Waals surface area contributed by atoms with Crippen molar-refractivity contribution in [3.8, 4) is 0 Å². The zero-order valence-corrected chi connectivity index (χ0v) is 13.1. The van der Waals surface area contributed by atoms with Crippen LogP contribution in [0.1, 0.15) is 32.6 Å². The van der Waals surface area contributed by atoms with Gasteiger partial charge in [0.1, 0.15) is 0 Å². The topological polar surface area (TPSA) is 0 Å². The van der Waals surface area contributed by atoms with Gasteiger partial charge in [-0.3, -0.25) is 0 Å². The molecule has 0 N–H and O–H groups in total. The van der Waals surface area contributed by atoms with E-state index >= 15 is 0 Å². The predicted molar refractivity (Wildman–Crippen MR) is 90.5 cm³/mol. The van der Waals surface area contributed by atoms with E-state index in [1.54, 1.807) is 10.6 Å². The maximum absolute atomic E-state index is 2.37. The molecule has 0 heterocycles. The van der Waals surface area contributed by atoms with Crippen LogP contribution < -0.4 is 10.6 Å². The minimum atomic E-state index is -0.197. The molecule has 1 aliphatic carbocycles. The summed E-state index contributed by atoms with van der Waals surface area (Å²) in [6.07, 6.45) is 5.60. The van der Waals surface area contributed by atoms with Crippen molar-refractivity contribution >= 4 is 18.5 Å². The molecule has 0 nitrogen and oxygen atoms in total. The number of rotatable bonds is 4. The van der Waals surface area contributed by atoms with Crippen molar-refractivity contribution in [2.24, 2.45) is 5.92 Å². The maximum Gasteiger partial charge on any atom is -0.0101 e. The molecule has 0 bridgehead atoms. The second-order valence-electron chi connectivity index (χ2n) is 5.71. The van der Waals surface area contributed by atoms with Gasteiger partial charge in [-0.05, 0) is 42.9 Å². The molecule has 0 aromatic heterocycles. The van der Waals surface area contributed by atoms with E-state index in [0.29, 0.717) is 0 Å². The number of hydrogen-bond donors (Lipinski definition) is 0. The lowest BCUT2D eigenvalue weighted by molar-refractivity contribution is 0.538. The highest BCUT2D eigenvalue weighted by molar-refractivity contribution is 7.73. The van der Waals surface area contributed by atoms with Crippen LogP contribution in [-0.4, -0.2) is 5.66 Å². The van der Waals surface area contributed by atoms with Gasteiger partial charge < -0.3 is 0 Å². The fourth-order valence-corrected chi connectivity index (χ4v) is 6.82. The Bertz CT molecular complexity index is 480. The van der Waals surface area contributed by atoms with Gasteiger partial charge in [0, 0.05) is 0 Å². The van der Waals surface area contributed by atoms with Crippen molar-refractivity contribution in [2.75, 3.05) is 0 Å². The van der Waals surface area contributed by atoms with Crippen molar-refractivity contribution in [1.82, 2.24) is 0 Å². The molecule has 0 amide bonds. The molecule has 2 aromatic carbocycles. The Morgan fingerprint density at radius 1 is 0.850 bits per heavy atom. The summed E-state index contributed by atoms with van der Waals surface area (Å²) in [5.74, 6) is 0.918. The van der Waals surface area contributed by atoms with E-state index in [1.165, 1.54) is 25.7 Å². The summed E-state index contributed by atoms with van der Waals surface area (Å²) in [6.45, 7) is 2.37. The molecule has 2 aromatic rings. The van der Waals surface area contributed by atoms with Crippen LogP contribution in [-0.2, 0) is 0 Å². The summed E-state index contributed by atoms with van der Waals surface area (Å²) >= 11 is 0. The summed E-state index contributed by atoms with van der Waals surface area (Å²) in [6, 6.07) is 22.4. The highest BCUT2D eigenvalue weighted by Gasteiger charge is 2.33. The van der Waals surface area contributed by atoms with E-state index in [9.17, 15) is 0 Å². The average molecular weight is 282 g/mol. The van der Waals surface area contributed by atoms with Gasteiger partial charge in [0.15, 0.2) is 0 Å². The predicted octanol–water partition coefficient (Wildman–Crippen LogP) is 4.70. The first-order valence-corrected chi connectivity index (χ1v) is 9.20. The van der Waals surface area contributed by atoms with E-state index < -0.39 is 0 Å². The van der Waals surface area contributed by atoms with Gasteiger partial charge in [0.05, 0.1) is 0 Å². The summed E-state index contributed by atoms with van der Waals surface area (Å²) in [4.78, 5) is 0. The normalized spacial score (nSPS) is 22.3. The molecule has 1 fully saturated rings. The third-order valence-electron chi connectivity index (χ3n) is 4.54. The molecule has 104 valence electrons. The van der Waals surface area contributed by atoms with Crippen LogP contribution >= 0.6 is 7.92 Å². The van der Waals surface area contributed by atoms with Crippen molar-refractivity contribution in [3.63, 3.8) is 0 Å². The lowest BCUT2D eigenvalue weighted by Crippen LogP contribution is -2.24. The van der Waals surface area contributed by atoms with E-state index in [0.717, 1.165) is 11.6 Å². The molecule has 0 spiro atoms. The highest BCUT2D eigenvalue weighted by Crippen LogP contribution is 2.50. The van der Waals surface area contributed by atoms with Crippen LogP contribution in [0, 0.1) is 5.92 Å². The molecule has 2 atom stereocenters. The lowest BCUT2D eigenvalue weighted by Gasteiger charge is -2.29. The molecule has 0 aliphatic heterocycles. The minimum Gasteiger partial charge on any atom is -0.0651 e. The third kappa shape index (κ3) is 2.81. The van der Waals surface area contributed by atoms with E-state index in [4.69, 9.17) is 0 Å². The standard InChI is InChI=1S/C19H23P/c1-2-16-10-9-15-19(16)20(17-11-5-3-6-12-17)18-13-7-4-8-14-18/h3-8,11-14,16,19H,2,9-10,15H2,1H3/t16?,19-/m1/s1. The summed E-state index contributed by atoms with van der Waals surface area (Å²) in [5.41, 5.74) is 0.875. The van der Waals surface area contributed by atoms with Crippen LogP contribution in [0.3, 0.4) is 0 Å². The van der Waals surface area contributed by atoms with Crippen molar-refractivity contribution < 1.29 is 0 Å². The minimum absolute atomic E-state index is 0.197. The van der Waals surface area contributed by atoms with Gasteiger partial charge in [-0.15, -0.1) is 0 Å². The SMILES string of the molecule is CCC1CCC[C@H]1P(c1ccccc1)c1ccccc1. The second kappa shape index (κ2) is 6.55. The molecule has 1 saturated carbocycles. The molecular formula is C19H23P. The van der Waals surface area contributed by atoms with Crippen LogP contribution in [0.25, 0.3) is 0 Å². The van der Waals surface area contributed by atoms with Crippen molar-refractivity contribution in [2.45, 2.75) is 38.3 Å². The van der Waals surface area contributed by atoms with Gasteiger partial charge in [-0.1, -0.05) is 80.4 Å². The van der Waals surface area contributed by atoms with E-state index in [-0.39, 0.29) is 7.92 Å². The molecule has 1 aliphatic rings. The van der Waals surface area contributed by atoms with E-state index in [2.05, 4.69) is 67.6 Å². The largest absolute Gasteiger partial charge is 0.0651 e. The zero-order valence-electron chi connectivity index (χ0n) is 12.2. The Kier molecular flexibility index (Phi) is 4.53. The first-order valence-electron chi connectivity index (χ1n) is 7.79. The third-order valence-corrected chi connectivity index (χ3v) is 7.60. The van der Waals surface area contributed by atoms with Crippen LogP contribution in [0.15, 0.2) is 60.7 Å². The molecule has 1 unspecified atom stereocenters. The smallest absolute Gasteiger partial charge is 0.0101 e. The Morgan fingerprint density at radius 2 is 1.40 bits per heavy atom. The Labute approximate surface area is 124 Å². The maximum atomic E-state index is 2.37. The fraction of sp³-hybridized carbons (Fsp3) is 0.368. The molecule has 3 rings (SSSR count). The quantitative estimate of drug-likeness (QED) is 0.713. The summed E-state index contributed by atoms with van der Waals surface area (Å²) in [7, 11) is -0.197. The monoisotopic (exact) mass is 282 g/mol. The van der Waals surface area contributed by atoms with Crippen LogP contribution in [0.4, 0.5) is 0 Å². The van der Waals surface area contributed by atoms with Crippen molar-refractivity contribution in [1.29, 1.82) is 0 Å². The summed E-state index contributed by atoms with van der Waals surface area (Å²) in [5, 5.41) is 3.11. The zero-order chi connectivity index (χ0) is 13.8. The van der Waals surface area contributed by atoms with Gasteiger partial charge in [0.2, 0.25) is 0 Å². The Morgan fingerprint density at radius 3 is 1.90 bits per heavy atom. The Balaban J connectivity index is 2.00. The van der Waals surface area contributed by atoms with Gasteiger partial charge in [-0.25, -0.2) is 0 Å².